The van der Waals surface area contributed by atoms with Crippen LogP contribution in [0.25, 0.3) is 4.72 Å². The summed E-state index contributed by atoms with van der Waals surface area (Å²) in [7, 11) is -1.82. The first-order valence-corrected chi connectivity index (χ1v) is 3.86. The van der Waals surface area contributed by atoms with E-state index in [0.29, 0.717) is 0 Å². The van der Waals surface area contributed by atoms with Gasteiger partial charge in [0, 0.05) is 70.7 Å². The molecule has 6 heteroatoms. The van der Waals surface area contributed by atoms with Crippen LogP contribution in [0.4, 0.5) is 0 Å². The summed E-state index contributed by atoms with van der Waals surface area (Å²) in [6.45, 7) is 3.20. The first-order valence-electron chi connectivity index (χ1n) is 2.35. The quantitative estimate of drug-likeness (QED) is 0.754. The minimum absolute atomic E-state index is 0. The van der Waals surface area contributed by atoms with Crippen molar-refractivity contribution in [3.63, 3.8) is 0 Å². The number of sulfonamides is 1. The van der Waals surface area contributed by atoms with Crippen LogP contribution < -0.4 is 0 Å². The fourth-order valence-corrected chi connectivity index (χ4v) is 0.632. The number of rotatable bonds is 2. The zero-order valence-electron chi connectivity index (χ0n) is 6.40. The third-order valence-corrected chi connectivity index (χ3v) is 2.55. The van der Waals surface area contributed by atoms with Gasteiger partial charge in [-0.1, -0.05) is 13.8 Å². The number of hydrogen-bond acceptors (Lipinski definition) is 2. The molecular weight excluding hydrogens is 304 g/mol. The van der Waals surface area contributed by atoms with Crippen LogP contribution in [0.2, 0.25) is 0 Å². The van der Waals surface area contributed by atoms with Gasteiger partial charge in [-0.05, 0) is 0 Å². The van der Waals surface area contributed by atoms with Crippen LogP contribution in [0, 0.1) is 0 Å². The van der Waals surface area contributed by atoms with Crippen LogP contribution >= 0.6 is 0 Å². The summed E-state index contributed by atoms with van der Waals surface area (Å²) in [5.74, 6) is 0. The summed E-state index contributed by atoms with van der Waals surface area (Å²) >= 11 is 0. The van der Waals surface area contributed by atoms with Crippen molar-refractivity contribution in [1.82, 2.24) is 0 Å². The van der Waals surface area contributed by atoms with Gasteiger partial charge in [-0.2, -0.15) is 7.05 Å². The average molecular weight is 314 g/mol. The minimum atomic E-state index is -3.11. The molecule has 10 heavy (non-hydrogen) atoms. The molecule has 0 atom stereocenters. The summed E-state index contributed by atoms with van der Waals surface area (Å²) in [4.78, 5) is 0. The molecule has 0 aromatic rings. The molecule has 2 radical (unpaired) electrons. The molecule has 0 rings (SSSR count). The maximum absolute atomic E-state index is 10.5. The van der Waals surface area contributed by atoms with Gasteiger partial charge in [-0.15, -0.1) is 0 Å². The first kappa shape index (κ1) is 18.0. The van der Waals surface area contributed by atoms with Crippen LogP contribution in [0.3, 0.4) is 0 Å². The Morgan fingerprint density at radius 3 is 1.50 bits per heavy atom. The second-order valence-corrected chi connectivity index (χ2v) is 4.08. The van der Waals surface area contributed by atoms with Gasteiger partial charge in [0.25, 0.3) is 0 Å². The van der Waals surface area contributed by atoms with E-state index in [9.17, 15) is 8.42 Å². The minimum Gasteiger partial charge on any atom is -0.552 e. The zero-order valence-corrected chi connectivity index (χ0v) is 12.9. The zero-order chi connectivity index (χ0) is 6.78. The van der Waals surface area contributed by atoms with Crippen LogP contribution in [-0.4, -0.2) is 20.7 Å². The Labute approximate surface area is 113 Å². The Morgan fingerprint density at radius 1 is 1.20 bits per heavy atom. The smallest absolute Gasteiger partial charge is 0.0743 e. The molecule has 0 aromatic carbocycles. The fraction of sp³-hybridized carbons (Fsp3) is 1.00. The maximum Gasteiger partial charge on any atom is 0.0743 e. The van der Waals surface area contributed by atoms with E-state index in [4.69, 9.17) is 0 Å². The molecular formula is C4H10NO2SY2-. The first-order chi connectivity index (χ1) is 3.50. The second kappa shape index (κ2) is 7.75. The molecule has 0 fully saturated rings. The Kier molecular flexibility index (Phi) is 14.0. The topological polar surface area (TPSA) is 48.2 Å². The SMILES string of the molecule is C[N-]S(=O)(=O)C(C)C.[Y].[Y]. The Bertz CT molecular complexity index is 155. The molecule has 0 saturated heterocycles. The van der Waals surface area contributed by atoms with Crippen molar-refractivity contribution in [3.8, 4) is 0 Å². The van der Waals surface area contributed by atoms with Crippen LogP contribution in [0.1, 0.15) is 13.8 Å². The molecule has 0 aromatic heterocycles. The molecule has 0 aliphatic carbocycles. The van der Waals surface area contributed by atoms with Gasteiger partial charge in [-0.3, -0.25) is 0 Å². The van der Waals surface area contributed by atoms with E-state index < -0.39 is 10.0 Å². The molecule has 3 nitrogen and oxygen atoms in total. The van der Waals surface area contributed by atoms with Crippen molar-refractivity contribution >= 4 is 10.0 Å². The summed E-state index contributed by atoms with van der Waals surface area (Å²) in [6, 6.07) is 0. The summed E-state index contributed by atoms with van der Waals surface area (Å²) in [5, 5.41) is -0.382. The molecule has 0 aliphatic heterocycles. The van der Waals surface area contributed by atoms with Gasteiger partial charge in [0.2, 0.25) is 0 Å². The van der Waals surface area contributed by atoms with E-state index in [0.717, 1.165) is 0 Å². The van der Waals surface area contributed by atoms with E-state index in [2.05, 4.69) is 4.72 Å². The number of nitrogens with zero attached hydrogens (tertiary/aromatic N) is 1. The third kappa shape index (κ3) is 6.80. The van der Waals surface area contributed by atoms with E-state index in [1.807, 2.05) is 0 Å². The van der Waals surface area contributed by atoms with Crippen LogP contribution in [0.5, 0.6) is 0 Å². The molecule has 0 aliphatic rings. The third-order valence-electron chi connectivity index (χ3n) is 0.850. The van der Waals surface area contributed by atoms with E-state index in [-0.39, 0.29) is 70.7 Å². The molecule has 56 valence electrons. The van der Waals surface area contributed by atoms with Gasteiger partial charge in [0.15, 0.2) is 0 Å². The van der Waals surface area contributed by atoms with Gasteiger partial charge < -0.3 is 4.72 Å². The Morgan fingerprint density at radius 2 is 1.50 bits per heavy atom. The van der Waals surface area contributed by atoms with Crippen molar-refractivity contribution in [3.05, 3.63) is 4.72 Å². The summed E-state index contributed by atoms with van der Waals surface area (Å²) in [6.07, 6.45) is 0. The fourth-order valence-electron chi connectivity index (χ4n) is 0.211. The molecule has 0 amide bonds. The van der Waals surface area contributed by atoms with Gasteiger partial charge in [0.1, 0.15) is 0 Å². The largest absolute Gasteiger partial charge is 0.552 e. The summed E-state index contributed by atoms with van der Waals surface area (Å²) < 4.78 is 24.3. The molecule has 0 spiro atoms. The van der Waals surface area contributed by atoms with Gasteiger partial charge in [0.05, 0.1) is 10.0 Å². The maximum atomic E-state index is 10.5. The summed E-state index contributed by atoms with van der Waals surface area (Å²) in [5.41, 5.74) is 0. The normalized spacial score (nSPS) is 10.0. The molecule has 0 bridgehead atoms. The van der Waals surface area contributed by atoms with E-state index >= 15 is 0 Å². The van der Waals surface area contributed by atoms with Crippen molar-refractivity contribution in [1.29, 1.82) is 0 Å². The Hall–Kier alpha value is 2.12. The van der Waals surface area contributed by atoms with Crippen LogP contribution in [-0.2, 0) is 75.4 Å². The molecule has 0 heterocycles. The second-order valence-electron chi connectivity index (χ2n) is 1.75. The van der Waals surface area contributed by atoms with E-state index in [1.54, 1.807) is 13.8 Å². The number of hydrogen-bond donors (Lipinski definition) is 0. The predicted octanol–water partition coefficient (Wildman–Crippen LogP) is 0.723. The monoisotopic (exact) mass is 314 g/mol. The average Bonchev–Trinajstić information content (AvgIpc) is 1.67. The van der Waals surface area contributed by atoms with Crippen molar-refractivity contribution in [2.24, 2.45) is 0 Å². The standard InChI is InChI=1S/C4H10NO2S.2Y/c1-4(2)8(6,7)5-3;;/h4H,1-3H3;;/q-1;;. The molecule has 0 unspecified atom stereocenters. The predicted molar refractivity (Wildman–Crippen MR) is 33.3 cm³/mol. The van der Waals surface area contributed by atoms with Gasteiger partial charge in [-0.25, -0.2) is 8.42 Å². The van der Waals surface area contributed by atoms with Crippen molar-refractivity contribution < 1.29 is 73.8 Å². The van der Waals surface area contributed by atoms with Crippen molar-refractivity contribution in [2.45, 2.75) is 19.1 Å². The van der Waals surface area contributed by atoms with E-state index in [1.165, 1.54) is 7.05 Å². The Balaban J connectivity index is -0.000000245. The van der Waals surface area contributed by atoms with Crippen LogP contribution in [0.15, 0.2) is 0 Å². The van der Waals surface area contributed by atoms with Gasteiger partial charge >= 0.3 is 0 Å². The molecule has 0 saturated carbocycles. The molecule has 0 N–H and O–H groups in total. The van der Waals surface area contributed by atoms with Crippen molar-refractivity contribution in [2.75, 3.05) is 7.05 Å².